The Morgan fingerprint density at radius 1 is 1.25 bits per heavy atom. The molecule has 24 heavy (non-hydrogen) atoms. The molecule has 0 spiro atoms. The summed E-state index contributed by atoms with van der Waals surface area (Å²) in [5, 5.41) is 14.1. The molecule has 2 aliphatic rings. The zero-order valence-corrected chi connectivity index (χ0v) is 13.6. The van der Waals surface area contributed by atoms with Gasteiger partial charge >= 0.3 is 0 Å². The molecule has 0 radical (unpaired) electrons. The third-order valence-electron chi connectivity index (χ3n) is 4.04. The molecule has 2 saturated heterocycles. The van der Waals surface area contributed by atoms with Gasteiger partial charge in [0.2, 0.25) is 0 Å². The predicted molar refractivity (Wildman–Crippen MR) is 83.7 cm³/mol. The molecule has 0 aromatic heterocycles. The topological polar surface area (TPSA) is 106 Å². The van der Waals surface area contributed by atoms with E-state index in [1.807, 2.05) is 30.3 Å². The Balaban J connectivity index is 1.71. The van der Waals surface area contributed by atoms with Gasteiger partial charge in [0, 0.05) is 4.91 Å². The Bertz CT molecular complexity index is 605. The fourth-order valence-corrected chi connectivity index (χ4v) is 3.01. The van der Waals surface area contributed by atoms with Crippen LogP contribution in [0.2, 0.25) is 0 Å². The van der Waals surface area contributed by atoms with Crippen LogP contribution in [0.3, 0.4) is 0 Å². The van der Waals surface area contributed by atoms with Gasteiger partial charge in [-0.1, -0.05) is 35.4 Å². The SMILES string of the molecule is CC1(C)OC2C(CN=[N+]=[N-])OC(OCc3ccccc3)C(O)C2O1. The number of hydrogen-bond acceptors (Lipinski definition) is 6. The summed E-state index contributed by atoms with van der Waals surface area (Å²) in [6, 6.07) is 9.59. The van der Waals surface area contributed by atoms with Crippen LogP contribution in [-0.2, 0) is 25.6 Å². The van der Waals surface area contributed by atoms with E-state index in [1.54, 1.807) is 13.8 Å². The smallest absolute Gasteiger partial charge is 0.186 e. The molecule has 0 amide bonds. The highest BCUT2D eigenvalue weighted by Gasteiger charge is 2.54. The molecule has 5 atom stereocenters. The van der Waals surface area contributed by atoms with Crippen LogP contribution >= 0.6 is 0 Å². The van der Waals surface area contributed by atoms with Crippen molar-refractivity contribution in [3.8, 4) is 0 Å². The largest absolute Gasteiger partial charge is 0.385 e. The Labute approximate surface area is 139 Å². The highest BCUT2D eigenvalue weighted by molar-refractivity contribution is 5.13. The van der Waals surface area contributed by atoms with Gasteiger partial charge in [-0.15, -0.1) is 0 Å². The molecule has 2 fully saturated rings. The van der Waals surface area contributed by atoms with Crippen molar-refractivity contribution in [2.45, 2.75) is 56.9 Å². The summed E-state index contributed by atoms with van der Waals surface area (Å²) < 4.78 is 23.1. The first kappa shape index (κ1) is 17.2. The standard InChI is InChI=1S/C16H21N3O5/c1-16(2)23-13-11(8-18-19-17)22-15(12(20)14(13)24-16)21-9-10-6-4-3-5-7-10/h3-7,11-15,20H,8-9H2,1-2H3. The summed E-state index contributed by atoms with van der Waals surface area (Å²) >= 11 is 0. The van der Waals surface area contributed by atoms with E-state index in [1.165, 1.54) is 0 Å². The van der Waals surface area contributed by atoms with Gasteiger partial charge < -0.3 is 24.1 Å². The maximum Gasteiger partial charge on any atom is 0.186 e. The van der Waals surface area contributed by atoms with Crippen LogP contribution in [0.1, 0.15) is 19.4 Å². The van der Waals surface area contributed by atoms with Crippen molar-refractivity contribution in [1.29, 1.82) is 0 Å². The van der Waals surface area contributed by atoms with E-state index in [-0.39, 0.29) is 6.54 Å². The van der Waals surface area contributed by atoms with Gasteiger partial charge in [-0.05, 0) is 24.9 Å². The Morgan fingerprint density at radius 2 is 1.96 bits per heavy atom. The quantitative estimate of drug-likeness (QED) is 0.504. The lowest BCUT2D eigenvalue weighted by Gasteiger charge is -2.39. The lowest BCUT2D eigenvalue weighted by atomic mass is 9.99. The maximum atomic E-state index is 10.5. The molecule has 3 rings (SSSR count). The number of benzene rings is 1. The molecule has 2 aliphatic heterocycles. The molecule has 1 aromatic rings. The zero-order valence-electron chi connectivity index (χ0n) is 13.6. The van der Waals surface area contributed by atoms with Crippen LogP contribution in [-0.4, -0.2) is 48.1 Å². The number of azide groups is 1. The van der Waals surface area contributed by atoms with Gasteiger partial charge in [0.1, 0.15) is 18.3 Å². The Kier molecular flexibility index (Phi) is 5.05. The number of fused-ring (bicyclic) bond motifs is 1. The van der Waals surface area contributed by atoms with E-state index in [0.29, 0.717) is 6.61 Å². The number of aliphatic hydroxyl groups excluding tert-OH is 1. The van der Waals surface area contributed by atoms with E-state index >= 15 is 0 Å². The zero-order chi connectivity index (χ0) is 17.2. The molecule has 1 aromatic carbocycles. The first-order chi connectivity index (χ1) is 11.5. The highest BCUT2D eigenvalue weighted by atomic mass is 16.8. The average Bonchev–Trinajstić information content (AvgIpc) is 2.90. The van der Waals surface area contributed by atoms with Gasteiger partial charge in [0.25, 0.3) is 0 Å². The van der Waals surface area contributed by atoms with Crippen molar-refractivity contribution in [2.75, 3.05) is 6.54 Å². The number of aliphatic hydroxyl groups is 1. The Morgan fingerprint density at radius 3 is 2.67 bits per heavy atom. The van der Waals surface area contributed by atoms with Crippen molar-refractivity contribution in [1.82, 2.24) is 0 Å². The lowest BCUT2D eigenvalue weighted by Crippen LogP contribution is -2.57. The predicted octanol–water partition coefficient (Wildman–Crippen LogP) is 2.12. The van der Waals surface area contributed by atoms with E-state index in [2.05, 4.69) is 10.0 Å². The first-order valence-electron chi connectivity index (χ1n) is 7.86. The van der Waals surface area contributed by atoms with Gasteiger partial charge in [-0.2, -0.15) is 0 Å². The third kappa shape index (κ3) is 3.70. The second-order valence-electron chi connectivity index (χ2n) is 6.31. The lowest BCUT2D eigenvalue weighted by molar-refractivity contribution is -0.278. The molecular weight excluding hydrogens is 314 g/mol. The summed E-state index contributed by atoms with van der Waals surface area (Å²) in [5.41, 5.74) is 9.52. The molecule has 0 aliphatic carbocycles. The fourth-order valence-electron chi connectivity index (χ4n) is 3.01. The van der Waals surface area contributed by atoms with Crippen LogP contribution in [0.4, 0.5) is 0 Å². The summed E-state index contributed by atoms with van der Waals surface area (Å²) in [5.74, 6) is -0.845. The molecule has 2 heterocycles. The average molecular weight is 335 g/mol. The van der Waals surface area contributed by atoms with E-state index in [4.69, 9.17) is 24.5 Å². The van der Waals surface area contributed by atoms with E-state index in [0.717, 1.165) is 5.56 Å². The van der Waals surface area contributed by atoms with Gasteiger partial charge in [0.15, 0.2) is 12.1 Å². The fraction of sp³-hybridized carbons (Fsp3) is 0.625. The number of rotatable bonds is 5. The number of nitrogens with zero attached hydrogens (tertiary/aromatic N) is 3. The normalized spacial score (nSPS) is 34.4. The van der Waals surface area contributed by atoms with Crippen LogP contribution in [0.15, 0.2) is 35.4 Å². The number of ether oxygens (including phenoxy) is 4. The van der Waals surface area contributed by atoms with Gasteiger partial charge in [-0.3, -0.25) is 0 Å². The first-order valence-corrected chi connectivity index (χ1v) is 7.86. The highest BCUT2D eigenvalue weighted by Crippen LogP contribution is 2.38. The van der Waals surface area contributed by atoms with Crippen molar-refractivity contribution >= 4 is 0 Å². The maximum absolute atomic E-state index is 10.5. The summed E-state index contributed by atoms with van der Waals surface area (Å²) in [6.45, 7) is 3.90. The van der Waals surface area contributed by atoms with Gasteiger partial charge in [-0.25, -0.2) is 0 Å². The second-order valence-corrected chi connectivity index (χ2v) is 6.31. The third-order valence-corrected chi connectivity index (χ3v) is 4.04. The van der Waals surface area contributed by atoms with Crippen molar-refractivity contribution in [3.05, 3.63) is 46.3 Å². The monoisotopic (exact) mass is 335 g/mol. The summed E-state index contributed by atoms with van der Waals surface area (Å²) in [6.07, 6.45) is -3.55. The molecule has 0 saturated carbocycles. The molecule has 5 unspecified atom stereocenters. The van der Waals surface area contributed by atoms with Crippen molar-refractivity contribution in [3.63, 3.8) is 0 Å². The van der Waals surface area contributed by atoms with Crippen LogP contribution in [0.25, 0.3) is 10.4 Å². The molecule has 8 heteroatoms. The van der Waals surface area contributed by atoms with Crippen LogP contribution < -0.4 is 0 Å². The number of hydrogen-bond donors (Lipinski definition) is 1. The minimum atomic E-state index is -0.997. The molecule has 0 bridgehead atoms. The van der Waals surface area contributed by atoms with Crippen LogP contribution in [0, 0.1) is 0 Å². The van der Waals surface area contributed by atoms with Crippen LogP contribution in [0.5, 0.6) is 0 Å². The minimum absolute atomic E-state index is 0.0784. The second kappa shape index (κ2) is 7.06. The molecule has 130 valence electrons. The summed E-state index contributed by atoms with van der Waals surface area (Å²) in [7, 11) is 0. The molecule has 1 N–H and O–H groups in total. The van der Waals surface area contributed by atoms with E-state index < -0.39 is 36.5 Å². The van der Waals surface area contributed by atoms with E-state index in [9.17, 15) is 5.11 Å². The summed E-state index contributed by atoms with van der Waals surface area (Å²) in [4.78, 5) is 2.76. The molecule has 8 nitrogen and oxygen atoms in total. The molecular formula is C16H21N3O5. The van der Waals surface area contributed by atoms with Crippen molar-refractivity contribution in [2.24, 2.45) is 5.11 Å². The Hall–Kier alpha value is -1.67. The van der Waals surface area contributed by atoms with Crippen molar-refractivity contribution < 1.29 is 24.1 Å². The van der Waals surface area contributed by atoms with Gasteiger partial charge in [0.05, 0.1) is 19.3 Å². The minimum Gasteiger partial charge on any atom is -0.385 e.